The van der Waals surface area contributed by atoms with Gasteiger partial charge in [0.25, 0.3) is 0 Å². The fraction of sp³-hybridized carbons (Fsp3) is 0.524. The molecule has 0 spiro atoms. The third-order valence-corrected chi connectivity index (χ3v) is 6.21. The number of benzene rings is 1. The van der Waals surface area contributed by atoms with E-state index in [1.807, 2.05) is 26.1 Å². The number of aromatic nitrogens is 2. The first-order valence-electron chi connectivity index (χ1n) is 9.52. The first-order valence-corrected chi connectivity index (χ1v) is 10.5. The smallest absolute Gasteiger partial charge is 0.233 e. The maximum absolute atomic E-state index is 12.6. The second-order valence-corrected chi connectivity index (χ2v) is 8.22. The Morgan fingerprint density at radius 2 is 2.11 bits per heavy atom. The number of ether oxygens (including phenoxy) is 1. The summed E-state index contributed by atoms with van der Waals surface area (Å²) in [5.41, 5.74) is 4.58. The van der Waals surface area contributed by atoms with Crippen molar-refractivity contribution in [1.82, 2.24) is 14.5 Å². The zero-order chi connectivity index (χ0) is 19.4. The van der Waals surface area contributed by atoms with E-state index in [0.717, 1.165) is 42.5 Å². The Morgan fingerprint density at radius 1 is 1.33 bits per heavy atom. The molecule has 1 aliphatic rings. The van der Waals surface area contributed by atoms with Gasteiger partial charge in [-0.3, -0.25) is 4.79 Å². The number of imidazole rings is 1. The zero-order valence-electron chi connectivity index (χ0n) is 16.7. The van der Waals surface area contributed by atoms with Gasteiger partial charge in [0.15, 0.2) is 5.16 Å². The molecule has 0 radical (unpaired) electrons. The number of hydrogen-bond donors (Lipinski definition) is 0. The number of nitrogens with zero attached hydrogens (tertiary/aromatic N) is 3. The van der Waals surface area contributed by atoms with Gasteiger partial charge < -0.3 is 14.2 Å². The maximum Gasteiger partial charge on any atom is 0.233 e. The van der Waals surface area contributed by atoms with Crippen LogP contribution in [0.3, 0.4) is 0 Å². The van der Waals surface area contributed by atoms with Crippen LogP contribution in [0.2, 0.25) is 0 Å². The second-order valence-electron chi connectivity index (χ2n) is 7.28. The highest BCUT2D eigenvalue weighted by Crippen LogP contribution is 2.24. The van der Waals surface area contributed by atoms with Gasteiger partial charge in [-0.05, 0) is 44.7 Å². The number of carbonyl (C=O) groups excluding carboxylic acids is 1. The summed E-state index contributed by atoms with van der Waals surface area (Å²) in [6.07, 6.45) is 2.48. The van der Waals surface area contributed by atoms with Crippen molar-refractivity contribution in [3.05, 3.63) is 46.8 Å². The van der Waals surface area contributed by atoms with Crippen molar-refractivity contribution < 1.29 is 9.53 Å². The number of amides is 1. The largest absolute Gasteiger partial charge is 0.376 e. The fourth-order valence-corrected chi connectivity index (χ4v) is 4.35. The topological polar surface area (TPSA) is 47.4 Å². The van der Waals surface area contributed by atoms with Crippen LogP contribution in [-0.4, -0.2) is 45.9 Å². The summed E-state index contributed by atoms with van der Waals surface area (Å²) < 4.78 is 8.00. The molecule has 1 aromatic heterocycles. The number of aryl methyl sites for hydroxylation is 2. The summed E-state index contributed by atoms with van der Waals surface area (Å²) >= 11 is 1.52. The Bertz CT molecular complexity index is 797. The molecule has 3 rings (SSSR count). The third-order valence-electron chi connectivity index (χ3n) is 5.25. The zero-order valence-corrected chi connectivity index (χ0v) is 17.5. The first kappa shape index (κ1) is 20.0. The Labute approximate surface area is 166 Å². The summed E-state index contributed by atoms with van der Waals surface area (Å²) in [4.78, 5) is 19.1. The standard InChI is InChI=1S/C21H29N3O2S/c1-15-8-5-6-9-18(15)12-23(4)20(25)14-27-21-22-16(2)17(3)24(21)13-19-10-7-11-26-19/h5-6,8-9,19H,7,10-14H2,1-4H3. The van der Waals surface area contributed by atoms with Crippen molar-refractivity contribution in [1.29, 1.82) is 0 Å². The van der Waals surface area contributed by atoms with Crippen LogP contribution in [-0.2, 0) is 22.6 Å². The summed E-state index contributed by atoms with van der Waals surface area (Å²) in [5.74, 6) is 0.509. The molecule has 0 aliphatic carbocycles. The monoisotopic (exact) mass is 387 g/mol. The van der Waals surface area contributed by atoms with E-state index in [1.54, 1.807) is 4.90 Å². The van der Waals surface area contributed by atoms with Gasteiger partial charge in [-0.1, -0.05) is 36.0 Å². The van der Waals surface area contributed by atoms with Crippen LogP contribution in [0.5, 0.6) is 0 Å². The summed E-state index contributed by atoms with van der Waals surface area (Å²) in [6, 6.07) is 8.20. The molecule has 1 fully saturated rings. The van der Waals surface area contributed by atoms with E-state index in [0.29, 0.717) is 12.3 Å². The maximum atomic E-state index is 12.6. The minimum atomic E-state index is 0.116. The van der Waals surface area contributed by atoms with Gasteiger partial charge in [0.1, 0.15) is 0 Å². The Balaban J connectivity index is 1.61. The minimum Gasteiger partial charge on any atom is -0.376 e. The van der Waals surface area contributed by atoms with Crippen molar-refractivity contribution in [3.8, 4) is 0 Å². The van der Waals surface area contributed by atoms with Crippen LogP contribution < -0.4 is 0 Å². The number of rotatable bonds is 7. The molecular formula is C21H29N3O2S. The quantitative estimate of drug-likeness (QED) is 0.679. The molecule has 146 valence electrons. The Hall–Kier alpha value is -1.79. The summed E-state index contributed by atoms with van der Waals surface area (Å²) in [5, 5.41) is 0.915. The van der Waals surface area contributed by atoms with Crippen molar-refractivity contribution in [2.75, 3.05) is 19.4 Å². The molecule has 1 unspecified atom stereocenters. The molecule has 0 N–H and O–H groups in total. The normalized spacial score (nSPS) is 16.7. The Kier molecular flexibility index (Phi) is 6.60. The van der Waals surface area contributed by atoms with Gasteiger partial charge in [0, 0.05) is 25.9 Å². The number of carbonyl (C=O) groups is 1. The van der Waals surface area contributed by atoms with E-state index >= 15 is 0 Å². The van der Waals surface area contributed by atoms with Gasteiger partial charge in [0.05, 0.1) is 24.1 Å². The molecule has 1 amide bonds. The number of hydrogen-bond acceptors (Lipinski definition) is 4. The van der Waals surface area contributed by atoms with Crippen LogP contribution >= 0.6 is 11.8 Å². The van der Waals surface area contributed by atoms with E-state index in [9.17, 15) is 4.79 Å². The van der Waals surface area contributed by atoms with Crippen LogP contribution in [0.4, 0.5) is 0 Å². The van der Waals surface area contributed by atoms with E-state index in [4.69, 9.17) is 4.74 Å². The Morgan fingerprint density at radius 3 is 2.81 bits per heavy atom. The average molecular weight is 388 g/mol. The van der Waals surface area contributed by atoms with Crippen LogP contribution in [0.25, 0.3) is 0 Å². The van der Waals surface area contributed by atoms with Gasteiger partial charge in [-0.2, -0.15) is 0 Å². The lowest BCUT2D eigenvalue weighted by molar-refractivity contribution is -0.127. The molecule has 2 aromatic rings. The van der Waals surface area contributed by atoms with E-state index in [-0.39, 0.29) is 12.0 Å². The van der Waals surface area contributed by atoms with Gasteiger partial charge in [-0.25, -0.2) is 4.98 Å². The van der Waals surface area contributed by atoms with Gasteiger partial charge in [0.2, 0.25) is 5.91 Å². The molecule has 6 heteroatoms. The molecule has 2 heterocycles. The lowest BCUT2D eigenvalue weighted by Crippen LogP contribution is -2.28. The highest BCUT2D eigenvalue weighted by molar-refractivity contribution is 7.99. The highest BCUT2D eigenvalue weighted by Gasteiger charge is 2.21. The molecule has 0 saturated carbocycles. The lowest BCUT2D eigenvalue weighted by Gasteiger charge is -2.19. The van der Waals surface area contributed by atoms with Gasteiger partial charge >= 0.3 is 0 Å². The summed E-state index contributed by atoms with van der Waals surface area (Å²) in [7, 11) is 1.87. The molecule has 27 heavy (non-hydrogen) atoms. The molecule has 1 atom stereocenters. The first-order chi connectivity index (χ1) is 13.0. The molecular weight excluding hydrogens is 358 g/mol. The van der Waals surface area contributed by atoms with Crippen molar-refractivity contribution in [2.45, 2.75) is 58.0 Å². The molecule has 1 aliphatic heterocycles. The van der Waals surface area contributed by atoms with Crippen molar-refractivity contribution in [2.24, 2.45) is 0 Å². The molecule has 5 nitrogen and oxygen atoms in total. The van der Waals surface area contributed by atoms with Crippen LogP contribution in [0, 0.1) is 20.8 Å². The molecule has 1 aromatic carbocycles. The average Bonchev–Trinajstić information content (AvgIpc) is 3.25. The van der Waals surface area contributed by atoms with E-state index in [1.165, 1.54) is 22.9 Å². The minimum absolute atomic E-state index is 0.116. The van der Waals surface area contributed by atoms with Crippen LogP contribution in [0.15, 0.2) is 29.4 Å². The lowest BCUT2D eigenvalue weighted by atomic mass is 10.1. The number of thioether (sulfide) groups is 1. The predicted molar refractivity (Wildman–Crippen MR) is 109 cm³/mol. The van der Waals surface area contributed by atoms with Crippen LogP contribution in [0.1, 0.15) is 35.4 Å². The van der Waals surface area contributed by atoms with Gasteiger partial charge in [-0.15, -0.1) is 0 Å². The SMILES string of the molecule is Cc1ccccc1CN(C)C(=O)CSc1nc(C)c(C)n1CC1CCCO1. The van der Waals surface area contributed by atoms with E-state index < -0.39 is 0 Å². The second kappa shape index (κ2) is 8.93. The fourth-order valence-electron chi connectivity index (χ4n) is 3.31. The predicted octanol–water partition coefficient (Wildman–Crippen LogP) is 3.74. The van der Waals surface area contributed by atoms with E-state index in [2.05, 4.69) is 35.5 Å². The van der Waals surface area contributed by atoms with Crippen molar-refractivity contribution in [3.63, 3.8) is 0 Å². The highest BCUT2D eigenvalue weighted by atomic mass is 32.2. The molecule has 0 bridgehead atoms. The van der Waals surface area contributed by atoms with Crippen molar-refractivity contribution >= 4 is 17.7 Å². The third kappa shape index (κ3) is 4.93. The molecule has 1 saturated heterocycles. The summed E-state index contributed by atoms with van der Waals surface area (Å²) in [6.45, 7) is 8.50.